The number of nitrogens with zero attached hydrogens (tertiary/aromatic N) is 1. The second-order valence-corrected chi connectivity index (χ2v) is 4.47. The summed E-state index contributed by atoms with van der Waals surface area (Å²) >= 11 is 0. The van der Waals surface area contributed by atoms with E-state index in [4.69, 9.17) is 9.84 Å². The number of pyridine rings is 1. The minimum atomic E-state index is -4.57. The monoisotopic (exact) mass is 311 g/mol. The lowest BCUT2D eigenvalue weighted by molar-refractivity contribution is -0.137. The van der Waals surface area contributed by atoms with Crippen molar-refractivity contribution in [3.8, 4) is 17.0 Å². The summed E-state index contributed by atoms with van der Waals surface area (Å²) in [5.74, 6) is -1.20. The summed E-state index contributed by atoms with van der Waals surface area (Å²) in [5, 5.41) is 8.95. The number of carboxylic acids is 1. The number of methoxy groups -OCH3 is 1. The van der Waals surface area contributed by atoms with Gasteiger partial charge in [0.25, 0.3) is 0 Å². The van der Waals surface area contributed by atoms with Crippen molar-refractivity contribution in [3.05, 3.63) is 47.7 Å². The van der Waals surface area contributed by atoms with Crippen LogP contribution in [0.25, 0.3) is 11.1 Å². The number of carboxylic acid groups (broad SMARTS) is 1. The van der Waals surface area contributed by atoms with Crippen molar-refractivity contribution in [1.82, 2.24) is 4.98 Å². The first-order valence-corrected chi connectivity index (χ1v) is 6.25. The van der Waals surface area contributed by atoms with Gasteiger partial charge in [-0.2, -0.15) is 13.2 Å². The van der Waals surface area contributed by atoms with Crippen molar-refractivity contribution in [1.29, 1.82) is 0 Å². The number of alkyl halides is 3. The molecule has 0 aliphatic carbocycles. The first-order chi connectivity index (χ1) is 10.3. The van der Waals surface area contributed by atoms with Crippen molar-refractivity contribution in [3.63, 3.8) is 0 Å². The highest BCUT2D eigenvalue weighted by Crippen LogP contribution is 2.41. The normalized spacial score (nSPS) is 11.3. The lowest BCUT2D eigenvalue weighted by Crippen LogP contribution is -2.10. The molecule has 1 aromatic carbocycles. The van der Waals surface area contributed by atoms with Crippen LogP contribution in [0.3, 0.4) is 0 Å². The van der Waals surface area contributed by atoms with Crippen LogP contribution < -0.4 is 4.74 Å². The number of rotatable bonds is 4. The Morgan fingerprint density at radius 2 is 1.95 bits per heavy atom. The van der Waals surface area contributed by atoms with Gasteiger partial charge in [0.05, 0.1) is 19.1 Å². The Labute approximate surface area is 124 Å². The molecule has 0 radical (unpaired) electrons. The maximum atomic E-state index is 13.2. The van der Waals surface area contributed by atoms with Crippen molar-refractivity contribution in [2.24, 2.45) is 0 Å². The maximum Gasteiger partial charge on any atom is 0.417 e. The Bertz CT molecular complexity index is 699. The van der Waals surface area contributed by atoms with Crippen LogP contribution in [0.1, 0.15) is 11.1 Å². The van der Waals surface area contributed by atoms with E-state index in [1.54, 1.807) is 0 Å². The number of halogens is 3. The SMILES string of the molecule is COc1nccc(CC(=O)O)c1-c1ccccc1C(F)(F)F. The average molecular weight is 311 g/mol. The second-order valence-electron chi connectivity index (χ2n) is 4.47. The molecule has 0 spiro atoms. The smallest absolute Gasteiger partial charge is 0.417 e. The third kappa shape index (κ3) is 3.19. The summed E-state index contributed by atoms with van der Waals surface area (Å²) < 4.78 is 44.6. The lowest BCUT2D eigenvalue weighted by atomic mass is 9.95. The molecule has 0 unspecified atom stereocenters. The molecule has 0 saturated carbocycles. The van der Waals surface area contributed by atoms with Crippen LogP contribution in [-0.2, 0) is 17.4 Å². The summed E-state index contributed by atoms with van der Waals surface area (Å²) in [4.78, 5) is 14.8. The van der Waals surface area contributed by atoms with E-state index in [1.165, 1.54) is 37.6 Å². The zero-order chi connectivity index (χ0) is 16.3. The Morgan fingerprint density at radius 3 is 2.55 bits per heavy atom. The molecule has 1 heterocycles. The largest absolute Gasteiger partial charge is 0.481 e. The number of hydrogen-bond donors (Lipinski definition) is 1. The van der Waals surface area contributed by atoms with Crippen molar-refractivity contribution >= 4 is 5.97 Å². The molecule has 4 nitrogen and oxygen atoms in total. The van der Waals surface area contributed by atoms with E-state index >= 15 is 0 Å². The van der Waals surface area contributed by atoms with Gasteiger partial charge in [-0.3, -0.25) is 4.79 Å². The molecule has 116 valence electrons. The van der Waals surface area contributed by atoms with Gasteiger partial charge in [-0.25, -0.2) is 4.98 Å². The van der Waals surface area contributed by atoms with Gasteiger partial charge >= 0.3 is 12.1 Å². The molecule has 0 aliphatic heterocycles. The molecule has 7 heteroatoms. The first kappa shape index (κ1) is 15.8. The number of aromatic nitrogens is 1. The minimum absolute atomic E-state index is 0.0420. The van der Waals surface area contributed by atoms with Gasteiger partial charge in [-0.15, -0.1) is 0 Å². The standard InChI is InChI=1S/C15H12F3NO3/c1-22-14-13(9(6-7-19-14)8-12(20)21)10-4-2-3-5-11(10)15(16,17)18/h2-7H,8H2,1H3,(H,20,21). The molecule has 0 bridgehead atoms. The molecule has 0 aliphatic rings. The average Bonchev–Trinajstić information content (AvgIpc) is 2.45. The van der Waals surface area contributed by atoms with E-state index in [1.807, 2.05) is 0 Å². The molecule has 0 saturated heterocycles. The fraction of sp³-hybridized carbons (Fsp3) is 0.200. The van der Waals surface area contributed by atoms with Crippen LogP contribution in [0.5, 0.6) is 5.88 Å². The molecule has 0 amide bonds. The molecule has 1 N–H and O–H groups in total. The third-order valence-electron chi connectivity index (χ3n) is 3.04. The van der Waals surface area contributed by atoms with Gasteiger partial charge in [0.1, 0.15) is 0 Å². The highest BCUT2D eigenvalue weighted by molar-refractivity contribution is 5.80. The number of aliphatic carboxylic acids is 1. The quantitative estimate of drug-likeness (QED) is 0.940. The molecule has 0 atom stereocenters. The van der Waals surface area contributed by atoms with Crippen LogP contribution in [0, 0.1) is 0 Å². The van der Waals surface area contributed by atoms with Gasteiger partial charge in [0.2, 0.25) is 5.88 Å². The Morgan fingerprint density at radius 1 is 1.27 bits per heavy atom. The summed E-state index contributed by atoms with van der Waals surface area (Å²) in [7, 11) is 1.27. The van der Waals surface area contributed by atoms with Crippen LogP contribution in [0.4, 0.5) is 13.2 Å². The van der Waals surface area contributed by atoms with Gasteiger partial charge in [-0.05, 0) is 23.3 Å². The van der Waals surface area contributed by atoms with E-state index in [9.17, 15) is 18.0 Å². The fourth-order valence-electron chi connectivity index (χ4n) is 2.18. The minimum Gasteiger partial charge on any atom is -0.481 e. The van der Waals surface area contributed by atoms with Crippen molar-refractivity contribution in [2.45, 2.75) is 12.6 Å². The second kappa shape index (κ2) is 6.05. The van der Waals surface area contributed by atoms with E-state index < -0.39 is 24.1 Å². The highest BCUT2D eigenvalue weighted by atomic mass is 19.4. The summed E-state index contributed by atoms with van der Waals surface area (Å²) in [6.07, 6.45) is -3.70. The number of ether oxygens (including phenoxy) is 1. The van der Waals surface area contributed by atoms with E-state index in [0.29, 0.717) is 0 Å². The number of benzene rings is 1. The Kier molecular flexibility index (Phi) is 4.35. The Hall–Kier alpha value is -2.57. The molecule has 2 rings (SSSR count). The fourth-order valence-corrected chi connectivity index (χ4v) is 2.18. The van der Waals surface area contributed by atoms with Crippen LogP contribution in [0.2, 0.25) is 0 Å². The van der Waals surface area contributed by atoms with Gasteiger partial charge < -0.3 is 9.84 Å². The summed E-state index contributed by atoms with van der Waals surface area (Å²) in [6.45, 7) is 0. The molecular formula is C15H12F3NO3. The van der Waals surface area contributed by atoms with Crippen LogP contribution in [0.15, 0.2) is 36.5 Å². The maximum absolute atomic E-state index is 13.2. The summed E-state index contributed by atoms with van der Waals surface area (Å²) in [6, 6.07) is 6.30. The molecule has 0 fully saturated rings. The Balaban J connectivity index is 2.74. The molecular weight excluding hydrogens is 299 g/mol. The van der Waals surface area contributed by atoms with E-state index in [-0.39, 0.29) is 22.6 Å². The zero-order valence-electron chi connectivity index (χ0n) is 11.5. The highest BCUT2D eigenvalue weighted by Gasteiger charge is 2.34. The van der Waals surface area contributed by atoms with Crippen molar-refractivity contribution in [2.75, 3.05) is 7.11 Å². The molecule has 2 aromatic rings. The predicted molar refractivity (Wildman–Crippen MR) is 72.6 cm³/mol. The van der Waals surface area contributed by atoms with Crippen molar-refractivity contribution < 1.29 is 27.8 Å². The number of hydrogen-bond acceptors (Lipinski definition) is 3. The zero-order valence-corrected chi connectivity index (χ0v) is 11.5. The first-order valence-electron chi connectivity index (χ1n) is 6.25. The number of carbonyl (C=O) groups is 1. The van der Waals surface area contributed by atoms with E-state index in [2.05, 4.69) is 4.98 Å². The third-order valence-corrected chi connectivity index (χ3v) is 3.04. The molecule has 1 aromatic heterocycles. The lowest BCUT2D eigenvalue weighted by Gasteiger charge is -2.17. The van der Waals surface area contributed by atoms with Gasteiger partial charge in [-0.1, -0.05) is 18.2 Å². The predicted octanol–water partition coefficient (Wildman–Crippen LogP) is 3.40. The van der Waals surface area contributed by atoms with Gasteiger partial charge in [0.15, 0.2) is 0 Å². The van der Waals surface area contributed by atoms with Crippen LogP contribution in [-0.4, -0.2) is 23.2 Å². The topological polar surface area (TPSA) is 59.4 Å². The molecule has 22 heavy (non-hydrogen) atoms. The van der Waals surface area contributed by atoms with E-state index in [0.717, 1.165) is 6.07 Å². The van der Waals surface area contributed by atoms with Crippen LogP contribution >= 0.6 is 0 Å². The summed E-state index contributed by atoms with van der Waals surface area (Å²) in [5.41, 5.74) is -0.777. The van der Waals surface area contributed by atoms with Gasteiger partial charge in [0, 0.05) is 11.8 Å².